The summed E-state index contributed by atoms with van der Waals surface area (Å²) in [5, 5.41) is 19.6. The molecular weight excluding hydrogens is 270 g/mol. The van der Waals surface area contributed by atoms with Gasteiger partial charge in [-0.05, 0) is 19.4 Å². The molecule has 0 aromatic carbocycles. The van der Waals surface area contributed by atoms with Crippen molar-refractivity contribution in [1.29, 1.82) is 5.26 Å². The monoisotopic (exact) mass is 289 g/mol. The van der Waals surface area contributed by atoms with Crippen molar-refractivity contribution >= 4 is 0 Å². The lowest BCUT2D eigenvalue weighted by atomic mass is 10.0. The molecule has 0 amide bonds. The van der Waals surface area contributed by atoms with Crippen molar-refractivity contribution in [2.45, 2.75) is 33.0 Å². The van der Waals surface area contributed by atoms with E-state index in [2.05, 4.69) is 6.58 Å². The fraction of sp³-hybridized carbons (Fsp3) is 0.467. The van der Waals surface area contributed by atoms with Gasteiger partial charge in [0.2, 0.25) is 0 Å². The SMILES string of the molecule is C=CCn1c(O)c(CN2CO[C@H](C)C2)c(C)c(C#N)c1=O. The number of aromatic hydroxyl groups is 1. The third kappa shape index (κ3) is 2.84. The molecule has 6 nitrogen and oxygen atoms in total. The van der Waals surface area contributed by atoms with Crippen LogP contribution in [0.5, 0.6) is 5.88 Å². The fourth-order valence-electron chi connectivity index (χ4n) is 2.53. The van der Waals surface area contributed by atoms with Crippen LogP contribution in [-0.2, 0) is 17.8 Å². The first-order chi connectivity index (χ1) is 9.99. The number of allylic oxidation sites excluding steroid dienone is 1. The van der Waals surface area contributed by atoms with Crippen molar-refractivity contribution in [1.82, 2.24) is 9.47 Å². The van der Waals surface area contributed by atoms with Crippen molar-refractivity contribution in [3.05, 3.63) is 39.7 Å². The maximum atomic E-state index is 12.2. The van der Waals surface area contributed by atoms with Gasteiger partial charge in [0.25, 0.3) is 5.56 Å². The minimum atomic E-state index is -0.484. The van der Waals surface area contributed by atoms with Crippen molar-refractivity contribution in [2.75, 3.05) is 13.3 Å². The minimum Gasteiger partial charge on any atom is -0.494 e. The van der Waals surface area contributed by atoms with Crippen LogP contribution < -0.4 is 5.56 Å². The van der Waals surface area contributed by atoms with Gasteiger partial charge in [-0.15, -0.1) is 6.58 Å². The Balaban J connectivity index is 2.49. The second kappa shape index (κ2) is 6.12. The van der Waals surface area contributed by atoms with E-state index >= 15 is 0 Å². The molecule has 21 heavy (non-hydrogen) atoms. The molecule has 1 aliphatic rings. The molecule has 112 valence electrons. The number of nitriles is 1. The maximum absolute atomic E-state index is 12.2. The van der Waals surface area contributed by atoms with E-state index in [-0.39, 0.29) is 24.1 Å². The van der Waals surface area contributed by atoms with Crippen molar-refractivity contribution in [2.24, 2.45) is 0 Å². The predicted octanol–water partition coefficient (Wildman–Crippen LogP) is 1.10. The van der Waals surface area contributed by atoms with Gasteiger partial charge in [-0.1, -0.05) is 6.08 Å². The lowest BCUT2D eigenvalue weighted by Crippen LogP contribution is -2.28. The van der Waals surface area contributed by atoms with Crippen LogP contribution in [0.1, 0.15) is 23.6 Å². The highest BCUT2D eigenvalue weighted by atomic mass is 16.5. The van der Waals surface area contributed by atoms with E-state index in [0.29, 0.717) is 24.4 Å². The van der Waals surface area contributed by atoms with Crippen LogP contribution in [0, 0.1) is 18.3 Å². The molecule has 2 rings (SSSR count). The molecule has 1 aliphatic heterocycles. The second-order valence-electron chi connectivity index (χ2n) is 5.24. The van der Waals surface area contributed by atoms with Gasteiger partial charge < -0.3 is 9.84 Å². The molecule has 0 aliphatic carbocycles. The largest absolute Gasteiger partial charge is 0.494 e. The van der Waals surface area contributed by atoms with E-state index in [1.54, 1.807) is 6.92 Å². The first-order valence-electron chi connectivity index (χ1n) is 6.79. The highest BCUT2D eigenvalue weighted by molar-refractivity contribution is 5.45. The first-order valence-corrected chi connectivity index (χ1v) is 6.79. The zero-order valence-electron chi connectivity index (χ0n) is 12.3. The quantitative estimate of drug-likeness (QED) is 0.840. The average molecular weight is 289 g/mol. The maximum Gasteiger partial charge on any atom is 0.271 e. The van der Waals surface area contributed by atoms with Crippen LogP contribution in [0.4, 0.5) is 0 Å². The molecule has 1 aromatic heterocycles. The van der Waals surface area contributed by atoms with Crippen LogP contribution in [0.2, 0.25) is 0 Å². The molecule has 0 saturated carbocycles. The van der Waals surface area contributed by atoms with Crippen molar-refractivity contribution < 1.29 is 9.84 Å². The van der Waals surface area contributed by atoms with Gasteiger partial charge in [0, 0.05) is 25.2 Å². The topological polar surface area (TPSA) is 78.5 Å². The summed E-state index contributed by atoms with van der Waals surface area (Å²) in [6.45, 7) is 9.07. The van der Waals surface area contributed by atoms with Crippen molar-refractivity contribution in [3.63, 3.8) is 0 Å². The summed E-state index contributed by atoms with van der Waals surface area (Å²) in [6.07, 6.45) is 1.66. The number of hydrogen-bond donors (Lipinski definition) is 1. The Morgan fingerprint density at radius 2 is 2.33 bits per heavy atom. The molecule has 0 radical (unpaired) electrons. The summed E-state index contributed by atoms with van der Waals surface area (Å²) >= 11 is 0. The van der Waals surface area contributed by atoms with E-state index in [9.17, 15) is 15.2 Å². The van der Waals surface area contributed by atoms with Crippen molar-refractivity contribution in [3.8, 4) is 11.9 Å². The van der Waals surface area contributed by atoms with Gasteiger partial charge >= 0.3 is 0 Å². The second-order valence-corrected chi connectivity index (χ2v) is 5.24. The van der Waals surface area contributed by atoms with Gasteiger partial charge in [0.05, 0.1) is 12.8 Å². The van der Waals surface area contributed by atoms with E-state index in [1.807, 2.05) is 17.9 Å². The van der Waals surface area contributed by atoms with Crippen LogP contribution in [0.3, 0.4) is 0 Å². The molecule has 6 heteroatoms. The summed E-state index contributed by atoms with van der Waals surface area (Å²) in [7, 11) is 0. The highest BCUT2D eigenvalue weighted by Gasteiger charge is 2.24. The number of ether oxygens (including phenoxy) is 1. The summed E-state index contributed by atoms with van der Waals surface area (Å²) in [4.78, 5) is 14.2. The molecule has 0 unspecified atom stereocenters. The van der Waals surface area contributed by atoms with Crippen LogP contribution in [0.15, 0.2) is 17.4 Å². The van der Waals surface area contributed by atoms with Gasteiger partial charge in [-0.25, -0.2) is 0 Å². The molecule has 1 aromatic rings. The van der Waals surface area contributed by atoms with Crippen LogP contribution in [0.25, 0.3) is 0 Å². The Morgan fingerprint density at radius 3 is 2.86 bits per heavy atom. The smallest absolute Gasteiger partial charge is 0.271 e. The lowest BCUT2D eigenvalue weighted by molar-refractivity contribution is 0.0967. The number of nitrogens with zero attached hydrogens (tertiary/aromatic N) is 3. The summed E-state index contributed by atoms with van der Waals surface area (Å²) in [5.74, 6) is -0.101. The Hall–Kier alpha value is -2.10. The lowest BCUT2D eigenvalue weighted by Gasteiger charge is -2.19. The average Bonchev–Trinajstić information content (AvgIpc) is 2.86. The Kier molecular flexibility index (Phi) is 4.46. The van der Waals surface area contributed by atoms with E-state index < -0.39 is 5.56 Å². The molecule has 1 atom stereocenters. The first kappa shape index (κ1) is 15.3. The molecular formula is C15H19N3O3. The highest BCUT2D eigenvalue weighted by Crippen LogP contribution is 2.24. The fourth-order valence-corrected chi connectivity index (χ4v) is 2.53. The summed E-state index contributed by atoms with van der Waals surface area (Å²) in [6, 6.07) is 1.94. The Bertz CT molecular complexity index is 658. The van der Waals surface area contributed by atoms with E-state index in [4.69, 9.17) is 4.74 Å². The summed E-state index contributed by atoms with van der Waals surface area (Å²) in [5.41, 5.74) is 0.700. The van der Waals surface area contributed by atoms with E-state index in [1.165, 1.54) is 10.6 Å². The number of pyridine rings is 1. The normalized spacial score (nSPS) is 18.6. The summed E-state index contributed by atoms with van der Waals surface area (Å²) < 4.78 is 6.64. The number of aromatic nitrogens is 1. The third-order valence-corrected chi connectivity index (χ3v) is 3.67. The van der Waals surface area contributed by atoms with Gasteiger partial charge in [0.1, 0.15) is 11.6 Å². The molecule has 0 spiro atoms. The molecule has 1 saturated heterocycles. The van der Waals surface area contributed by atoms with Crippen LogP contribution >= 0.6 is 0 Å². The number of hydrogen-bond acceptors (Lipinski definition) is 5. The van der Waals surface area contributed by atoms with Crippen LogP contribution in [-0.4, -0.2) is 34.0 Å². The predicted molar refractivity (Wildman–Crippen MR) is 77.8 cm³/mol. The van der Waals surface area contributed by atoms with Gasteiger partial charge in [0.15, 0.2) is 5.88 Å². The zero-order chi connectivity index (χ0) is 15.6. The zero-order valence-corrected chi connectivity index (χ0v) is 12.3. The minimum absolute atomic E-state index is 0.0674. The molecule has 2 heterocycles. The molecule has 1 fully saturated rings. The van der Waals surface area contributed by atoms with Gasteiger partial charge in [-0.2, -0.15) is 5.26 Å². The number of rotatable bonds is 4. The van der Waals surface area contributed by atoms with Gasteiger partial charge in [-0.3, -0.25) is 14.3 Å². The Labute approximate surface area is 123 Å². The molecule has 0 bridgehead atoms. The molecule has 1 N–H and O–H groups in total. The third-order valence-electron chi connectivity index (χ3n) is 3.67. The Morgan fingerprint density at radius 1 is 1.62 bits per heavy atom. The standard InChI is InChI=1S/C15H19N3O3/c1-4-5-18-14(19)12(6-16)11(3)13(15(18)20)8-17-7-10(2)21-9-17/h4,10,20H,1,5,7-9H2,2-3H3/t10-/m1/s1. The van der Waals surface area contributed by atoms with E-state index in [0.717, 1.165) is 6.54 Å².